The summed E-state index contributed by atoms with van der Waals surface area (Å²) in [5.41, 5.74) is 1.16. The van der Waals surface area contributed by atoms with Gasteiger partial charge in [-0.1, -0.05) is 11.6 Å². The molecular weight excluding hydrogens is 290 g/mol. The van der Waals surface area contributed by atoms with Crippen LogP contribution in [0.1, 0.15) is 0 Å². The van der Waals surface area contributed by atoms with Gasteiger partial charge in [0.1, 0.15) is 6.04 Å². The van der Waals surface area contributed by atoms with Crippen LogP contribution in [0.4, 0.5) is 5.69 Å². The zero-order chi connectivity index (χ0) is 14.7. The van der Waals surface area contributed by atoms with Crippen molar-refractivity contribution in [2.45, 2.75) is 6.04 Å². The third-order valence-electron chi connectivity index (χ3n) is 4.00. The van der Waals surface area contributed by atoms with Crippen LogP contribution in [0, 0.1) is 0 Å². The highest BCUT2D eigenvalue weighted by Gasteiger charge is 2.28. The molecular formula is C15H20ClN3O2. The molecule has 114 valence electrons. The largest absolute Gasteiger partial charge is 0.378 e. The standard InChI is InChI=1S/C15H20ClN3O2/c16-12-1-3-13(4-2-12)18-6-8-19(9-7-18)15(20)14-11-21-10-5-17-14/h1-4,14,17H,5-11H2. The Kier molecular flexibility index (Phi) is 4.63. The third kappa shape index (κ3) is 3.48. The van der Waals surface area contributed by atoms with Gasteiger partial charge in [0, 0.05) is 43.4 Å². The van der Waals surface area contributed by atoms with Gasteiger partial charge < -0.3 is 19.9 Å². The molecule has 2 heterocycles. The lowest BCUT2D eigenvalue weighted by Gasteiger charge is -2.38. The molecule has 1 aromatic rings. The Morgan fingerprint density at radius 1 is 1.19 bits per heavy atom. The van der Waals surface area contributed by atoms with Gasteiger partial charge in [-0.25, -0.2) is 0 Å². The molecule has 0 saturated carbocycles. The summed E-state index contributed by atoms with van der Waals surface area (Å²) in [6.45, 7) is 5.12. The molecule has 1 atom stereocenters. The number of nitrogens with zero attached hydrogens (tertiary/aromatic N) is 2. The van der Waals surface area contributed by atoms with E-state index >= 15 is 0 Å². The van der Waals surface area contributed by atoms with Crippen molar-refractivity contribution in [2.24, 2.45) is 0 Å². The Bertz CT molecular complexity index is 480. The van der Waals surface area contributed by atoms with Gasteiger partial charge in [0.05, 0.1) is 13.2 Å². The number of ether oxygens (including phenoxy) is 1. The number of amides is 1. The molecule has 5 nitrogen and oxygen atoms in total. The number of hydrogen-bond donors (Lipinski definition) is 1. The van der Waals surface area contributed by atoms with E-state index in [-0.39, 0.29) is 11.9 Å². The summed E-state index contributed by atoms with van der Waals surface area (Å²) in [6, 6.07) is 7.67. The van der Waals surface area contributed by atoms with Gasteiger partial charge in [0.2, 0.25) is 5.91 Å². The van der Waals surface area contributed by atoms with Crippen molar-refractivity contribution in [1.82, 2.24) is 10.2 Å². The molecule has 1 N–H and O–H groups in total. The number of halogens is 1. The number of hydrogen-bond acceptors (Lipinski definition) is 4. The van der Waals surface area contributed by atoms with E-state index in [4.69, 9.17) is 16.3 Å². The number of anilines is 1. The summed E-state index contributed by atoms with van der Waals surface area (Å²) in [5.74, 6) is 0.158. The number of carbonyl (C=O) groups is 1. The average molecular weight is 310 g/mol. The Morgan fingerprint density at radius 2 is 1.90 bits per heavy atom. The van der Waals surface area contributed by atoms with Crippen LogP contribution in [0.3, 0.4) is 0 Å². The SMILES string of the molecule is O=C(C1COCCN1)N1CCN(c2ccc(Cl)cc2)CC1. The summed E-state index contributed by atoms with van der Waals surface area (Å²) in [6.07, 6.45) is 0. The van der Waals surface area contributed by atoms with Gasteiger partial charge in [0.15, 0.2) is 0 Å². The number of rotatable bonds is 2. The Hall–Kier alpha value is -1.30. The van der Waals surface area contributed by atoms with E-state index in [1.54, 1.807) is 0 Å². The fourth-order valence-corrected chi connectivity index (χ4v) is 2.91. The minimum absolute atomic E-state index is 0.158. The third-order valence-corrected chi connectivity index (χ3v) is 4.25. The second kappa shape index (κ2) is 6.64. The summed E-state index contributed by atoms with van der Waals surface area (Å²) in [4.78, 5) is 16.6. The summed E-state index contributed by atoms with van der Waals surface area (Å²) < 4.78 is 5.36. The average Bonchev–Trinajstić information content (AvgIpc) is 2.56. The van der Waals surface area contributed by atoms with E-state index < -0.39 is 0 Å². The van der Waals surface area contributed by atoms with Crippen LogP contribution < -0.4 is 10.2 Å². The zero-order valence-electron chi connectivity index (χ0n) is 11.9. The summed E-state index contributed by atoms with van der Waals surface area (Å²) >= 11 is 5.91. The van der Waals surface area contributed by atoms with E-state index in [9.17, 15) is 4.79 Å². The molecule has 2 saturated heterocycles. The van der Waals surface area contributed by atoms with E-state index in [2.05, 4.69) is 10.2 Å². The number of nitrogens with one attached hydrogen (secondary N) is 1. The van der Waals surface area contributed by atoms with Gasteiger partial charge in [-0.3, -0.25) is 4.79 Å². The number of piperazine rings is 1. The molecule has 1 amide bonds. The Morgan fingerprint density at radius 3 is 2.52 bits per heavy atom. The quantitative estimate of drug-likeness (QED) is 0.884. The maximum Gasteiger partial charge on any atom is 0.242 e. The van der Waals surface area contributed by atoms with Crippen molar-refractivity contribution >= 4 is 23.2 Å². The number of benzene rings is 1. The van der Waals surface area contributed by atoms with Crippen LogP contribution in [0.2, 0.25) is 5.02 Å². The first-order chi connectivity index (χ1) is 10.2. The molecule has 1 aromatic carbocycles. The van der Waals surface area contributed by atoms with Crippen molar-refractivity contribution < 1.29 is 9.53 Å². The maximum absolute atomic E-state index is 12.4. The molecule has 0 aromatic heterocycles. The van der Waals surface area contributed by atoms with Gasteiger partial charge >= 0.3 is 0 Å². The Labute approximate surface area is 129 Å². The van der Waals surface area contributed by atoms with Crippen molar-refractivity contribution in [2.75, 3.05) is 50.8 Å². The first-order valence-electron chi connectivity index (χ1n) is 7.34. The molecule has 0 spiro atoms. The molecule has 2 aliphatic rings. The van der Waals surface area contributed by atoms with Crippen molar-refractivity contribution in [3.8, 4) is 0 Å². The zero-order valence-corrected chi connectivity index (χ0v) is 12.7. The summed E-state index contributed by atoms with van der Waals surface area (Å²) in [7, 11) is 0. The predicted octanol–water partition coefficient (Wildman–Crippen LogP) is 0.977. The van der Waals surface area contributed by atoms with Crippen LogP contribution in [-0.4, -0.2) is 62.8 Å². The van der Waals surface area contributed by atoms with Crippen molar-refractivity contribution in [1.29, 1.82) is 0 Å². The molecule has 0 bridgehead atoms. The minimum atomic E-state index is -0.180. The number of carbonyl (C=O) groups excluding carboxylic acids is 1. The maximum atomic E-state index is 12.4. The fraction of sp³-hybridized carbons (Fsp3) is 0.533. The normalized spacial score (nSPS) is 23.2. The number of morpholine rings is 1. The highest BCUT2D eigenvalue weighted by atomic mass is 35.5. The van der Waals surface area contributed by atoms with Crippen LogP contribution in [0.25, 0.3) is 0 Å². The van der Waals surface area contributed by atoms with Gasteiger partial charge in [-0.2, -0.15) is 0 Å². The molecule has 0 aliphatic carbocycles. The lowest BCUT2D eigenvalue weighted by atomic mass is 10.2. The second-order valence-corrected chi connectivity index (χ2v) is 5.81. The van der Waals surface area contributed by atoms with Crippen molar-refractivity contribution in [3.05, 3.63) is 29.3 Å². The molecule has 6 heteroatoms. The van der Waals surface area contributed by atoms with Crippen LogP contribution >= 0.6 is 11.6 Å². The smallest absolute Gasteiger partial charge is 0.242 e. The van der Waals surface area contributed by atoms with E-state index in [0.29, 0.717) is 13.2 Å². The molecule has 2 fully saturated rings. The van der Waals surface area contributed by atoms with E-state index in [1.165, 1.54) is 0 Å². The highest BCUT2D eigenvalue weighted by Crippen LogP contribution is 2.19. The molecule has 2 aliphatic heterocycles. The first-order valence-corrected chi connectivity index (χ1v) is 7.72. The molecule has 3 rings (SSSR count). The molecule has 21 heavy (non-hydrogen) atoms. The van der Waals surface area contributed by atoms with Gasteiger partial charge in [0.25, 0.3) is 0 Å². The van der Waals surface area contributed by atoms with Gasteiger partial charge in [-0.15, -0.1) is 0 Å². The van der Waals surface area contributed by atoms with E-state index in [1.807, 2.05) is 29.2 Å². The topological polar surface area (TPSA) is 44.8 Å². The summed E-state index contributed by atoms with van der Waals surface area (Å²) in [5, 5.41) is 3.97. The fourth-order valence-electron chi connectivity index (χ4n) is 2.78. The predicted molar refractivity (Wildman–Crippen MR) is 82.9 cm³/mol. The van der Waals surface area contributed by atoms with Crippen LogP contribution in [0.15, 0.2) is 24.3 Å². The molecule has 0 radical (unpaired) electrons. The van der Waals surface area contributed by atoms with Crippen LogP contribution in [-0.2, 0) is 9.53 Å². The van der Waals surface area contributed by atoms with Crippen LogP contribution in [0.5, 0.6) is 0 Å². The Balaban J connectivity index is 1.54. The lowest BCUT2D eigenvalue weighted by molar-refractivity contribution is -0.136. The van der Waals surface area contributed by atoms with Crippen molar-refractivity contribution in [3.63, 3.8) is 0 Å². The monoisotopic (exact) mass is 309 g/mol. The minimum Gasteiger partial charge on any atom is -0.378 e. The highest BCUT2D eigenvalue weighted by molar-refractivity contribution is 6.30. The van der Waals surface area contributed by atoms with E-state index in [0.717, 1.165) is 43.4 Å². The van der Waals surface area contributed by atoms with Gasteiger partial charge in [-0.05, 0) is 24.3 Å². The molecule has 1 unspecified atom stereocenters. The lowest BCUT2D eigenvalue weighted by Crippen LogP contribution is -2.57. The first kappa shape index (κ1) is 14.6. The second-order valence-electron chi connectivity index (χ2n) is 5.37.